The number of amides is 1. The number of thioether (sulfide) groups is 1. The molecule has 24 heavy (non-hydrogen) atoms. The Kier molecular flexibility index (Phi) is 7.47. The van der Waals surface area contributed by atoms with Crippen LogP contribution in [0.4, 0.5) is 0 Å². The van der Waals surface area contributed by atoms with Crippen molar-refractivity contribution < 1.29 is 9.53 Å². The Balaban J connectivity index is 1.76. The van der Waals surface area contributed by atoms with Gasteiger partial charge < -0.3 is 10.1 Å². The van der Waals surface area contributed by atoms with E-state index >= 15 is 0 Å². The molecule has 0 fully saturated rings. The van der Waals surface area contributed by atoms with Crippen molar-refractivity contribution in [2.24, 2.45) is 0 Å². The van der Waals surface area contributed by atoms with Crippen LogP contribution in [0.3, 0.4) is 0 Å². The molecule has 2 aromatic rings. The van der Waals surface area contributed by atoms with Crippen molar-refractivity contribution in [2.45, 2.75) is 25.6 Å². The molecular formula is C19H22ClNO2S. The van der Waals surface area contributed by atoms with E-state index in [-0.39, 0.29) is 11.9 Å². The number of carbonyl (C=O) groups is 1. The first kappa shape index (κ1) is 18.7. The summed E-state index contributed by atoms with van der Waals surface area (Å²) in [5.41, 5.74) is 2.19. The van der Waals surface area contributed by atoms with Crippen LogP contribution in [0.15, 0.2) is 48.5 Å². The van der Waals surface area contributed by atoms with Gasteiger partial charge in [0.05, 0.1) is 18.4 Å². The zero-order valence-corrected chi connectivity index (χ0v) is 15.5. The van der Waals surface area contributed by atoms with E-state index in [0.717, 1.165) is 27.7 Å². The standard InChI is InChI=1S/C19H22ClNO2S/c1-3-23-18-9-7-16(8-10-18)14(2)21-19(22)13-24-12-15-5-4-6-17(20)11-15/h4-11,14H,3,12-13H2,1-2H3,(H,21,22)/t14-/m0/s1. The van der Waals surface area contributed by atoms with E-state index in [1.165, 1.54) is 0 Å². The third kappa shape index (κ3) is 6.10. The second-order valence-electron chi connectivity index (χ2n) is 5.41. The second-order valence-corrected chi connectivity index (χ2v) is 6.84. The van der Waals surface area contributed by atoms with Crippen LogP contribution in [0, 0.1) is 0 Å². The summed E-state index contributed by atoms with van der Waals surface area (Å²) < 4.78 is 5.43. The Morgan fingerprint density at radius 3 is 2.67 bits per heavy atom. The van der Waals surface area contributed by atoms with E-state index in [2.05, 4.69) is 5.32 Å². The maximum atomic E-state index is 12.1. The van der Waals surface area contributed by atoms with Gasteiger partial charge in [-0.3, -0.25) is 4.79 Å². The quantitative estimate of drug-likeness (QED) is 0.728. The van der Waals surface area contributed by atoms with Crippen molar-refractivity contribution in [2.75, 3.05) is 12.4 Å². The Morgan fingerprint density at radius 2 is 2.00 bits per heavy atom. The zero-order chi connectivity index (χ0) is 17.4. The molecule has 0 bridgehead atoms. The lowest BCUT2D eigenvalue weighted by Crippen LogP contribution is -2.28. The third-order valence-corrected chi connectivity index (χ3v) is 4.70. The molecule has 0 aliphatic heterocycles. The minimum atomic E-state index is -0.0278. The van der Waals surface area contributed by atoms with Gasteiger partial charge in [-0.15, -0.1) is 11.8 Å². The molecule has 0 aromatic heterocycles. The van der Waals surface area contributed by atoms with E-state index in [1.54, 1.807) is 11.8 Å². The molecule has 0 aliphatic rings. The highest BCUT2D eigenvalue weighted by molar-refractivity contribution is 7.99. The lowest BCUT2D eigenvalue weighted by atomic mass is 10.1. The fourth-order valence-electron chi connectivity index (χ4n) is 2.27. The minimum absolute atomic E-state index is 0.0278. The number of hydrogen-bond donors (Lipinski definition) is 1. The van der Waals surface area contributed by atoms with Gasteiger partial charge in [0.25, 0.3) is 0 Å². The molecule has 2 rings (SSSR count). The van der Waals surface area contributed by atoms with Crippen LogP contribution >= 0.6 is 23.4 Å². The molecule has 0 saturated heterocycles. The molecular weight excluding hydrogens is 342 g/mol. The van der Waals surface area contributed by atoms with E-state index in [1.807, 2.05) is 62.4 Å². The zero-order valence-electron chi connectivity index (χ0n) is 13.9. The maximum Gasteiger partial charge on any atom is 0.230 e. The van der Waals surface area contributed by atoms with E-state index in [0.29, 0.717) is 12.4 Å². The molecule has 0 radical (unpaired) electrons. The van der Waals surface area contributed by atoms with Gasteiger partial charge >= 0.3 is 0 Å². The predicted octanol–water partition coefficient (Wildman–Crippen LogP) is 4.85. The molecule has 0 saturated carbocycles. The molecule has 3 nitrogen and oxygen atoms in total. The van der Waals surface area contributed by atoms with Gasteiger partial charge in [0.2, 0.25) is 5.91 Å². The van der Waals surface area contributed by atoms with Crippen LogP contribution in [0.1, 0.15) is 31.0 Å². The molecule has 128 valence electrons. The normalized spacial score (nSPS) is 11.8. The summed E-state index contributed by atoms with van der Waals surface area (Å²) >= 11 is 7.54. The molecule has 5 heteroatoms. The largest absolute Gasteiger partial charge is 0.494 e. The molecule has 0 aliphatic carbocycles. The highest BCUT2D eigenvalue weighted by atomic mass is 35.5. The van der Waals surface area contributed by atoms with Crippen molar-refractivity contribution in [3.05, 3.63) is 64.7 Å². The number of nitrogens with one attached hydrogen (secondary N) is 1. The molecule has 1 N–H and O–H groups in total. The summed E-state index contributed by atoms with van der Waals surface area (Å²) in [7, 11) is 0. The Hall–Kier alpha value is -1.65. The highest BCUT2D eigenvalue weighted by Gasteiger charge is 2.10. The highest BCUT2D eigenvalue weighted by Crippen LogP contribution is 2.19. The van der Waals surface area contributed by atoms with Crippen LogP contribution in [-0.2, 0) is 10.5 Å². The summed E-state index contributed by atoms with van der Waals surface area (Å²) in [4.78, 5) is 12.1. The van der Waals surface area contributed by atoms with Gasteiger partial charge in [0.15, 0.2) is 0 Å². The van der Waals surface area contributed by atoms with Crippen LogP contribution in [0.2, 0.25) is 5.02 Å². The maximum absolute atomic E-state index is 12.1. The second kappa shape index (κ2) is 9.60. The number of rotatable bonds is 8. The van der Waals surface area contributed by atoms with Crippen molar-refractivity contribution in [3.63, 3.8) is 0 Å². The number of benzene rings is 2. The fraction of sp³-hybridized carbons (Fsp3) is 0.316. The smallest absolute Gasteiger partial charge is 0.230 e. The first-order chi connectivity index (χ1) is 11.6. The van der Waals surface area contributed by atoms with Gasteiger partial charge in [-0.05, 0) is 49.2 Å². The molecule has 0 spiro atoms. The first-order valence-corrected chi connectivity index (χ1v) is 9.46. The molecule has 1 atom stereocenters. The van der Waals surface area contributed by atoms with Crippen LogP contribution in [0.25, 0.3) is 0 Å². The van der Waals surface area contributed by atoms with Crippen molar-refractivity contribution in [1.29, 1.82) is 0 Å². The molecule has 0 unspecified atom stereocenters. The summed E-state index contributed by atoms with van der Waals surface area (Å²) in [6.45, 7) is 4.59. The summed E-state index contributed by atoms with van der Waals surface area (Å²) in [5, 5.41) is 3.74. The number of halogens is 1. The average Bonchev–Trinajstić information content (AvgIpc) is 2.56. The van der Waals surface area contributed by atoms with E-state index in [4.69, 9.17) is 16.3 Å². The van der Waals surface area contributed by atoms with Crippen molar-refractivity contribution >= 4 is 29.3 Å². The minimum Gasteiger partial charge on any atom is -0.494 e. The number of carbonyl (C=O) groups excluding carboxylic acids is 1. The Labute approximate surface area is 152 Å². The molecule has 2 aromatic carbocycles. The number of hydrogen-bond acceptors (Lipinski definition) is 3. The Morgan fingerprint density at radius 1 is 1.25 bits per heavy atom. The van der Waals surface area contributed by atoms with Gasteiger partial charge in [0.1, 0.15) is 5.75 Å². The van der Waals surface area contributed by atoms with E-state index < -0.39 is 0 Å². The average molecular weight is 364 g/mol. The van der Waals surface area contributed by atoms with Crippen molar-refractivity contribution in [1.82, 2.24) is 5.32 Å². The Bertz CT molecular complexity index is 661. The fourth-order valence-corrected chi connectivity index (χ4v) is 3.27. The van der Waals surface area contributed by atoms with Crippen LogP contribution in [0.5, 0.6) is 5.75 Å². The first-order valence-electron chi connectivity index (χ1n) is 7.92. The molecule has 1 amide bonds. The third-order valence-electron chi connectivity index (χ3n) is 3.46. The molecule has 0 heterocycles. The van der Waals surface area contributed by atoms with E-state index in [9.17, 15) is 4.79 Å². The van der Waals surface area contributed by atoms with Crippen LogP contribution in [-0.4, -0.2) is 18.3 Å². The summed E-state index contributed by atoms with van der Waals surface area (Å²) in [6.07, 6.45) is 0. The number of ether oxygens (including phenoxy) is 1. The van der Waals surface area contributed by atoms with Gasteiger partial charge in [0, 0.05) is 10.8 Å². The van der Waals surface area contributed by atoms with Gasteiger partial charge in [-0.2, -0.15) is 0 Å². The topological polar surface area (TPSA) is 38.3 Å². The van der Waals surface area contributed by atoms with Crippen LogP contribution < -0.4 is 10.1 Å². The lowest BCUT2D eigenvalue weighted by Gasteiger charge is -2.15. The predicted molar refractivity (Wildman–Crippen MR) is 102 cm³/mol. The summed E-state index contributed by atoms with van der Waals surface area (Å²) in [5.74, 6) is 2.07. The van der Waals surface area contributed by atoms with Gasteiger partial charge in [-0.25, -0.2) is 0 Å². The summed E-state index contributed by atoms with van der Waals surface area (Å²) in [6, 6.07) is 15.5. The monoisotopic (exact) mass is 363 g/mol. The SMILES string of the molecule is CCOc1ccc([C@H](C)NC(=O)CSCc2cccc(Cl)c2)cc1. The lowest BCUT2D eigenvalue weighted by molar-refractivity contribution is -0.119. The van der Waals surface area contributed by atoms with Crippen molar-refractivity contribution in [3.8, 4) is 5.75 Å². The van der Waals surface area contributed by atoms with Gasteiger partial charge in [-0.1, -0.05) is 35.9 Å².